The number of ether oxygens (including phenoxy) is 2. The molecule has 3 amide bonds. The Morgan fingerprint density at radius 1 is 1.00 bits per heavy atom. The summed E-state index contributed by atoms with van der Waals surface area (Å²) >= 11 is 4.34. The number of hydrogen-bond donors (Lipinski definition) is 3. The van der Waals surface area contributed by atoms with Gasteiger partial charge >= 0.3 is 12.1 Å². The van der Waals surface area contributed by atoms with Crippen molar-refractivity contribution in [3.63, 3.8) is 0 Å². The molecule has 0 aliphatic heterocycles. The van der Waals surface area contributed by atoms with Crippen molar-refractivity contribution >= 4 is 36.5 Å². The zero-order chi connectivity index (χ0) is 30.1. The van der Waals surface area contributed by atoms with Crippen LogP contribution in [0.15, 0.2) is 24.3 Å². The number of benzene rings is 1. The van der Waals surface area contributed by atoms with Crippen LogP contribution in [-0.2, 0) is 23.9 Å². The second kappa shape index (κ2) is 18.6. The van der Waals surface area contributed by atoms with E-state index in [-0.39, 0.29) is 25.3 Å². The number of unbranched alkanes of at least 4 members (excludes halogenated alkanes) is 5. The third-order valence-corrected chi connectivity index (χ3v) is 6.55. The van der Waals surface area contributed by atoms with Crippen LogP contribution in [0.5, 0.6) is 0 Å². The SMILES string of the molecule is CCCCCCCCN(C(=O)C(CS)NC(=O)OC(C)(C)C)C(C(=O)NCCC(=O)OCC)c1ccccc1C. The molecule has 0 aromatic heterocycles. The highest BCUT2D eigenvalue weighted by atomic mass is 32.1. The average molecular weight is 580 g/mol. The van der Waals surface area contributed by atoms with E-state index in [1.54, 1.807) is 27.7 Å². The number of aryl methyl sites for hydroxylation is 1. The number of nitrogens with one attached hydrogen (secondary N) is 2. The van der Waals surface area contributed by atoms with Gasteiger partial charge in [-0.2, -0.15) is 12.6 Å². The summed E-state index contributed by atoms with van der Waals surface area (Å²) in [5, 5.41) is 5.45. The number of nitrogens with zero attached hydrogens (tertiary/aromatic N) is 1. The molecule has 1 rings (SSSR count). The molecule has 1 aromatic rings. The number of esters is 1. The van der Waals surface area contributed by atoms with Crippen LogP contribution < -0.4 is 10.6 Å². The molecule has 2 N–H and O–H groups in total. The van der Waals surface area contributed by atoms with Crippen molar-refractivity contribution in [2.24, 2.45) is 0 Å². The summed E-state index contributed by atoms with van der Waals surface area (Å²) in [5.41, 5.74) is 0.775. The lowest BCUT2D eigenvalue weighted by atomic mass is 9.97. The Balaban J connectivity index is 3.32. The van der Waals surface area contributed by atoms with Crippen molar-refractivity contribution in [1.29, 1.82) is 0 Å². The summed E-state index contributed by atoms with van der Waals surface area (Å²) in [6.07, 6.45) is 5.31. The van der Waals surface area contributed by atoms with Gasteiger partial charge in [-0.05, 0) is 52.2 Å². The van der Waals surface area contributed by atoms with Gasteiger partial charge in [0, 0.05) is 18.8 Å². The monoisotopic (exact) mass is 579 g/mol. The molecule has 226 valence electrons. The summed E-state index contributed by atoms with van der Waals surface area (Å²) in [6.45, 7) is 11.6. The summed E-state index contributed by atoms with van der Waals surface area (Å²) < 4.78 is 10.3. The number of amides is 3. The minimum atomic E-state index is -1.00. The predicted octanol–water partition coefficient (Wildman–Crippen LogP) is 5.12. The maximum atomic E-state index is 14.0. The lowest BCUT2D eigenvalue weighted by Crippen LogP contribution is -2.54. The quantitative estimate of drug-likeness (QED) is 0.134. The van der Waals surface area contributed by atoms with Crippen LogP contribution in [0.1, 0.15) is 96.7 Å². The van der Waals surface area contributed by atoms with Gasteiger partial charge in [0.25, 0.3) is 0 Å². The van der Waals surface area contributed by atoms with Gasteiger partial charge in [0.15, 0.2) is 0 Å². The van der Waals surface area contributed by atoms with Crippen molar-refractivity contribution in [2.75, 3.05) is 25.4 Å². The van der Waals surface area contributed by atoms with E-state index in [2.05, 4.69) is 30.2 Å². The third-order valence-electron chi connectivity index (χ3n) is 6.18. The molecule has 1 aromatic carbocycles. The molecule has 0 saturated heterocycles. The Kier molecular flexibility index (Phi) is 16.4. The second-order valence-electron chi connectivity index (χ2n) is 10.8. The van der Waals surface area contributed by atoms with E-state index in [0.717, 1.165) is 37.7 Å². The lowest BCUT2D eigenvalue weighted by molar-refractivity contribution is -0.144. The molecule has 0 radical (unpaired) electrons. The smallest absolute Gasteiger partial charge is 0.408 e. The summed E-state index contributed by atoms with van der Waals surface area (Å²) in [4.78, 5) is 53.6. The Bertz CT molecular complexity index is 950. The molecule has 0 aliphatic carbocycles. The normalized spacial score (nSPS) is 12.7. The fourth-order valence-electron chi connectivity index (χ4n) is 4.23. The zero-order valence-electron chi connectivity index (χ0n) is 25.1. The van der Waals surface area contributed by atoms with E-state index < -0.39 is 41.6 Å². The van der Waals surface area contributed by atoms with Crippen LogP contribution in [-0.4, -0.2) is 65.9 Å². The van der Waals surface area contributed by atoms with Gasteiger partial charge in [-0.1, -0.05) is 63.3 Å². The number of thiol groups is 1. The number of hydrogen-bond acceptors (Lipinski definition) is 7. The molecule has 0 saturated carbocycles. The Morgan fingerprint density at radius 2 is 1.65 bits per heavy atom. The van der Waals surface area contributed by atoms with Gasteiger partial charge < -0.3 is 25.0 Å². The van der Waals surface area contributed by atoms with Crippen LogP contribution in [0.2, 0.25) is 0 Å². The van der Waals surface area contributed by atoms with E-state index >= 15 is 0 Å². The lowest BCUT2D eigenvalue weighted by Gasteiger charge is -2.35. The largest absolute Gasteiger partial charge is 0.466 e. The highest BCUT2D eigenvalue weighted by Gasteiger charge is 2.36. The molecule has 0 aliphatic rings. The number of alkyl carbamates (subject to hydrolysis) is 1. The fraction of sp³-hybridized carbons (Fsp3) is 0.667. The molecule has 0 spiro atoms. The highest BCUT2D eigenvalue weighted by Crippen LogP contribution is 2.26. The van der Waals surface area contributed by atoms with Crippen LogP contribution >= 0.6 is 12.6 Å². The number of rotatable bonds is 17. The van der Waals surface area contributed by atoms with Gasteiger partial charge in [-0.3, -0.25) is 14.4 Å². The molecule has 0 fully saturated rings. The van der Waals surface area contributed by atoms with Crippen LogP contribution in [0.25, 0.3) is 0 Å². The molecule has 2 unspecified atom stereocenters. The number of carbonyl (C=O) groups excluding carboxylic acids is 4. The predicted molar refractivity (Wildman–Crippen MR) is 160 cm³/mol. The standard InChI is InChI=1S/C30H49N3O6S/c1-7-9-10-11-12-15-20-33(28(36)24(21-40)32-29(37)39-30(4,5)6)26(23-17-14-13-16-22(23)3)27(35)31-19-18-25(34)38-8-2/h13-14,16-17,24,26,40H,7-12,15,18-21H2,1-6H3,(H,31,35)(H,32,37). The first-order valence-electron chi connectivity index (χ1n) is 14.3. The van der Waals surface area contributed by atoms with Crippen molar-refractivity contribution in [1.82, 2.24) is 15.5 Å². The third kappa shape index (κ3) is 13.1. The van der Waals surface area contributed by atoms with E-state index in [4.69, 9.17) is 9.47 Å². The first kappa shape index (κ1) is 35.3. The van der Waals surface area contributed by atoms with Crippen LogP contribution in [0, 0.1) is 6.92 Å². The maximum Gasteiger partial charge on any atom is 0.408 e. The van der Waals surface area contributed by atoms with E-state index in [9.17, 15) is 19.2 Å². The summed E-state index contributed by atoms with van der Waals surface area (Å²) in [7, 11) is 0. The summed E-state index contributed by atoms with van der Waals surface area (Å²) in [5.74, 6) is -1.22. The van der Waals surface area contributed by atoms with Gasteiger partial charge in [0.05, 0.1) is 13.0 Å². The molecule has 40 heavy (non-hydrogen) atoms. The van der Waals surface area contributed by atoms with Crippen molar-refractivity contribution < 1.29 is 28.7 Å². The van der Waals surface area contributed by atoms with Gasteiger partial charge in [-0.25, -0.2) is 4.79 Å². The maximum absolute atomic E-state index is 14.0. The Labute approximate surface area is 245 Å². The molecular formula is C30H49N3O6S. The topological polar surface area (TPSA) is 114 Å². The Hall–Kier alpha value is -2.75. The minimum Gasteiger partial charge on any atom is -0.466 e. The Morgan fingerprint density at radius 3 is 2.25 bits per heavy atom. The average Bonchev–Trinajstić information content (AvgIpc) is 2.88. The minimum absolute atomic E-state index is 0.0188. The highest BCUT2D eigenvalue weighted by molar-refractivity contribution is 7.80. The molecule has 0 heterocycles. The first-order valence-corrected chi connectivity index (χ1v) is 15.0. The second-order valence-corrected chi connectivity index (χ2v) is 11.2. The van der Waals surface area contributed by atoms with E-state index in [0.29, 0.717) is 18.5 Å². The first-order chi connectivity index (χ1) is 18.9. The molecule has 2 atom stereocenters. The van der Waals surface area contributed by atoms with E-state index in [1.807, 2.05) is 31.2 Å². The van der Waals surface area contributed by atoms with Crippen molar-refractivity contribution in [3.8, 4) is 0 Å². The van der Waals surface area contributed by atoms with Gasteiger partial charge in [0.2, 0.25) is 11.8 Å². The van der Waals surface area contributed by atoms with Crippen molar-refractivity contribution in [3.05, 3.63) is 35.4 Å². The van der Waals surface area contributed by atoms with Crippen molar-refractivity contribution in [2.45, 2.75) is 104 Å². The van der Waals surface area contributed by atoms with E-state index in [1.165, 1.54) is 4.90 Å². The molecule has 10 heteroatoms. The van der Waals surface area contributed by atoms with Gasteiger partial charge in [-0.15, -0.1) is 0 Å². The van der Waals surface area contributed by atoms with Crippen LogP contribution in [0.3, 0.4) is 0 Å². The van der Waals surface area contributed by atoms with Crippen LogP contribution in [0.4, 0.5) is 4.79 Å². The molecular weight excluding hydrogens is 530 g/mol. The fourth-order valence-corrected chi connectivity index (χ4v) is 4.47. The zero-order valence-corrected chi connectivity index (χ0v) is 26.0. The molecule has 0 bridgehead atoms. The number of carbonyl (C=O) groups is 4. The summed E-state index contributed by atoms with van der Waals surface area (Å²) in [6, 6.07) is 5.44. The van der Waals surface area contributed by atoms with Gasteiger partial charge in [0.1, 0.15) is 17.7 Å². The molecule has 9 nitrogen and oxygen atoms in total.